The lowest BCUT2D eigenvalue weighted by molar-refractivity contribution is -0.139. The van der Waals surface area contributed by atoms with Crippen LogP contribution in [0.1, 0.15) is 45.4 Å². The third-order valence-electron chi connectivity index (χ3n) is 5.45. The van der Waals surface area contributed by atoms with Crippen LogP contribution in [0.15, 0.2) is 5.83 Å². The van der Waals surface area contributed by atoms with E-state index in [-0.39, 0.29) is 12.0 Å². The summed E-state index contributed by atoms with van der Waals surface area (Å²) < 4.78 is 91.9. The van der Waals surface area contributed by atoms with Crippen molar-refractivity contribution in [3.05, 3.63) is 11.7 Å². The molecule has 2 unspecified atom stereocenters. The highest BCUT2D eigenvalue weighted by molar-refractivity contribution is 5.66. The van der Waals surface area contributed by atoms with E-state index in [0.29, 0.717) is 19.3 Å². The zero-order valence-corrected chi connectivity index (χ0v) is 16.0. The van der Waals surface area contributed by atoms with E-state index in [9.17, 15) is 35.8 Å². The van der Waals surface area contributed by atoms with E-state index in [2.05, 4.69) is 15.0 Å². The lowest BCUT2D eigenvalue weighted by atomic mass is 9.83. The summed E-state index contributed by atoms with van der Waals surface area (Å²) in [5.41, 5.74) is -0.717. The molecule has 3 N–H and O–H groups in total. The van der Waals surface area contributed by atoms with Crippen molar-refractivity contribution in [1.82, 2.24) is 15.0 Å². The molecule has 0 radical (unpaired) electrons. The zero-order valence-electron chi connectivity index (χ0n) is 16.0. The molecule has 1 aromatic heterocycles. The van der Waals surface area contributed by atoms with Gasteiger partial charge in [-0.2, -0.15) is 41.3 Å². The number of aliphatic hydroxyl groups excluding tert-OH is 1. The van der Waals surface area contributed by atoms with Crippen molar-refractivity contribution in [1.29, 1.82) is 0 Å². The Labute approximate surface area is 167 Å². The smallest absolute Gasteiger partial charge is 0.385 e. The number of aliphatic hydroxyl groups is 1. The maximum absolute atomic E-state index is 14.8. The molecule has 6 nitrogen and oxygen atoms in total. The quantitative estimate of drug-likeness (QED) is 0.592. The van der Waals surface area contributed by atoms with E-state index in [4.69, 9.17) is 0 Å². The summed E-state index contributed by atoms with van der Waals surface area (Å²) in [6.07, 6.45) is -8.99. The average Bonchev–Trinajstić information content (AvgIpc) is 3.39. The number of anilines is 2. The first-order chi connectivity index (χ1) is 13.7. The Kier molecular flexibility index (Phi) is 5.63. The van der Waals surface area contributed by atoms with Crippen LogP contribution < -0.4 is 10.6 Å². The second-order valence-electron chi connectivity index (χ2n) is 7.71. The summed E-state index contributed by atoms with van der Waals surface area (Å²) in [4.78, 5) is 11.1. The fourth-order valence-corrected chi connectivity index (χ4v) is 3.16. The van der Waals surface area contributed by atoms with Gasteiger partial charge in [-0.15, -0.1) is 0 Å². The predicted molar refractivity (Wildman–Crippen MR) is 93.0 cm³/mol. The standard InChI is InChI=1S/C17H20F7N5O/c1-7(16(19,20)21)25-13-27-12(28-14(29-13)26-8(2)17(22,23)24)9-3-4-15(5-6-15)11(30)10(9)18/h7-8,11,30H,3-6H2,1-2H3,(H2,25,26,27,28,29)/t7-,8?,11?/m1/s1. The molecule has 3 atom stereocenters. The minimum absolute atomic E-state index is 0.0927. The molecule has 0 bridgehead atoms. The number of halogens is 7. The minimum Gasteiger partial charge on any atom is -0.385 e. The minimum atomic E-state index is -4.68. The van der Waals surface area contributed by atoms with Gasteiger partial charge in [0.15, 0.2) is 5.82 Å². The van der Waals surface area contributed by atoms with Gasteiger partial charge in [-0.05, 0) is 39.5 Å². The molecule has 30 heavy (non-hydrogen) atoms. The van der Waals surface area contributed by atoms with Crippen molar-refractivity contribution in [2.75, 3.05) is 10.6 Å². The van der Waals surface area contributed by atoms with Crippen molar-refractivity contribution in [3.8, 4) is 0 Å². The highest BCUT2D eigenvalue weighted by Crippen LogP contribution is 2.58. The molecule has 3 rings (SSSR count). The molecular formula is C17H20F7N5O. The topological polar surface area (TPSA) is 83.0 Å². The molecule has 0 amide bonds. The van der Waals surface area contributed by atoms with Crippen LogP contribution in [-0.4, -0.2) is 50.6 Å². The number of nitrogens with zero attached hydrogens (tertiary/aromatic N) is 3. The van der Waals surface area contributed by atoms with Crippen LogP contribution in [0.25, 0.3) is 5.57 Å². The van der Waals surface area contributed by atoms with Crippen molar-refractivity contribution in [2.45, 2.75) is 70.1 Å². The fraction of sp³-hybridized carbons (Fsp3) is 0.706. The van der Waals surface area contributed by atoms with Crippen molar-refractivity contribution in [2.24, 2.45) is 5.41 Å². The maximum atomic E-state index is 14.8. The van der Waals surface area contributed by atoms with Gasteiger partial charge in [0.25, 0.3) is 0 Å². The SMILES string of the molecule is CC(Nc1nc(N[C@H](C)C(F)(F)F)nc(C2=C(F)C(O)C3(CC2)CC3)n1)C(F)(F)F. The number of hydrogen-bond acceptors (Lipinski definition) is 6. The van der Waals surface area contributed by atoms with Gasteiger partial charge in [-0.25, -0.2) is 4.39 Å². The van der Waals surface area contributed by atoms with E-state index in [1.165, 1.54) is 0 Å². The van der Waals surface area contributed by atoms with Crippen molar-refractivity contribution in [3.63, 3.8) is 0 Å². The molecule has 0 aromatic carbocycles. The third kappa shape index (κ3) is 4.60. The van der Waals surface area contributed by atoms with Gasteiger partial charge in [0.05, 0.1) is 0 Å². The highest BCUT2D eigenvalue weighted by atomic mass is 19.4. The molecule has 2 aliphatic carbocycles. The first-order valence-corrected chi connectivity index (χ1v) is 9.22. The van der Waals surface area contributed by atoms with E-state index in [1.807, 2.05) is 10.6 Å². The number of aromatic nitrogens is 3. The Hall–Kier alpha value is -2.18. The molecule has 168 valence electrons. The Morgan fingerprint density at radius 3 is 1.77 bits per heavy atom. The molecule has 1 saturated carbocycles. The Balaban J connectivity index is 1.98. The van der Waals surface area contributed by atoms with Gasteiger partial charge in [-0.3, -0.25) is 0 Å². The van der Waals surface area contributed by atoms with Gasteiger partial charge in [-0.1, -0.05) is 0 Å². The van der Waals surface area contributed by atoms with Crippen LogP contribution in [-0.2, 0) is 0 Å². The summed E-state index contributed by atoms with van der Waals surface area (Å²) in [6, 6.07) is -4.24. The molecular weight excluding hydrogens is 423 g/mol. The van der Waals surface area contributed by atoms with Gasteiger partial charge < -0.3 is 15.7 Å². The first kappa shape index (κ1) is 22.5. The Morgan fingerprint density at radius 1 is 0.900 bits per heavy atom. The van der Waals surface area contributed by atoms with Gasteiger partial charge in [0.2, 0.25) is 11.9 Å². The van der Waals surface area contributed by atoms with Crippen LogP contribution in [0.2, 0.25) is 0 Å². The van der Waals surface area contributed by atoms with E-state index < -0.39 is 59.5 Å². The number of alkyl halides is 6. The lowest BCUT2D eigenvalue weighted by Crippen LogP contribution is -2.35. The number of allylic oxidation sites excluding steroid dienone is 1. The molecule has 1 spiro atoms. The number of hydrogen-bond donors (Lipinski definition) is 3. The van der Waals surface area contributed by atoms with Crippen LogP contribution in [0, 0.1) is 5.41 Å². The van der Waals surface area contributed by atoms with E-state index in [0.717, 1.165) is 13.8 Å². The Morgan fingerprint density at radius 2 is 1.37 bits per heavy atom. The molecule has 13 heteroatoms. The summed E-state index contributed by atoms with van der Waals surface area (Å²) in [5.74, 6) is -2.67. The molecule has 1 aromatic rings. The van der Waals surface area contributed by atoms with E-state index >= 15 is 0 Å². The summed E-state index contributed by atoms with van der Waals surface area (Å²) in [7, 11) is 0. The number of nitrogens with one attached hydrogen (secondary N) is 2. The highest BCUT2D eigenvalue weighted by Gasteiger charge is 2.53. The summed E-state index contributed by atoms with van der Waals surface area (Å²) in [6.45, 7) is 1.55. The van der Waals surface area contributed by atoms with Crippen LogP contribution >= 0.6 is 0 Å². The number of rotatable bonds is 5. The molecule has 0 aliphatic heterocycles. The molecule has 2 aliphatic rings. The van der Waals surface area contributed by atoms with Crippen molar-refractivity contribution >= 4 is 17.5 Å². The monoisotopic (exact) mass is 443 g/mol. The second-order valence-corrected chi connectivity index (χ2v) is 7.71. The van der Waals surface area contributed by atoms with Crippen LogP contribution in [0.3, 0.4) is 0 Å². The van der Waals surface area contributed by atoms with E-state index in [1.54, 1.807) is 0 Å². The van der Waals surface area contributed by atoms with Gasteiger partial charge >= 0.3 is 12.4 Å². The average molecular weight is 443 g/mol. The predicted octanol–water partition coefficient (Wildman–Crippen LogP) is 4.21. The summed E-state index contributed by atoms with van der Waals surface area (Å²) >= 11 is 0. The van der Waals surface area contributed by atoms with Gasteiger partial charge in [0.1, 0.15) is 24.0 Å². The van der Waals surface area contributed by atoms with Crippen LogP contribution in [0.5, 0.6) is 0 Å². The normalized spacial score (nSPS) is 23.3. The zero-order chi connectivity index (χ0) is 22.5. The Bertz CT molecular complexity index is 795. The van der Waals surface area contributed by atoms with Crippen LogP contribution in [0.4, 0.5) is 42.6 Å². The fourth-order valence-electron chi connectivity index (χ4n) is 3.16. The lowest BCUT2D eigenvalue weighted by Gasteiger charge is -2.28. The third-order valence-corrected chi connectivity index (χ3v) is 5.45. The van der Waals surface area contributed by atoms with Crippen molar-refractivity contribution < 1.29 is 35.8 Å². The molecule has 1 heterocycles. The first-order valence-electron chi connectivity index (χ1n) is 9.22. The molecule has 1 fully saturated rings. The van der Waals surface area contributed by atoms with Gasteiger partial charge in [0, 0.05) is 11.0 Å². The maximum Gasteiger partial charge on any atom is 0.408 e. The second kappa shape index (κ2) is 7.50. The molecule has 0 saturated heterocycles. The largest absolute Gasteiger partial charge is 0.408 e. The summed E-state index contributed by atoms with van der Waals surface area (Å²) in [5, 5.41) is 14.1.